The zero-order valence-electron chi connectivity index (χ0n) is 42.8. The molecule has 4 aliphatic rings. The van der Waals surface area contributed by atoms with E-state index in [2.05, 4.69) is 10.3 Å². The molecular weight excluding hydrogens is 911 g/mol. The van der Waals surface area contributed by atoms with E-state index in [1.807, 2.05) is 58.0 Å². The maximum atomic E-state index is 14.8. The van der Waals surface area contributed by atoms with Crippen molar-refractivity contribution in [3.8, 4) is 0 Å². The molecule has 18 heteroatoms. The van der Waals surface area contributed by atoms with Crippen molar-refractivity contribution in [2.45, 2.75) is 161 Å². The largest absolute Gasteiger partial charge is 0.481 e. The summed E-state index contributed by atoms with van der Waals surface area (Å²) in [6.07, 6.45) is 7.68. The fourth-order valence-corrected chi connectivity index (χ4v) is 11.7. The zero-order valence-corrected chi connectivity index (χ0v) is 42.8. The first kappa shape index (κ1) is 54.7. The maximum Gasteiger partial charge on any atom is 0.307 e. The highest BCUT2D eigenvalue weighted by atomic mass is 16.5. The third-order valence-corrected chi connectivity index (χ3v) is 15.8. The summed E-state index contributed by atoms with van der Waals surface area (Å²) in [4.78, 5) is 114. The van der Waals surface area contributed by atoms with E-state index >= 15 is 0 Å². The lowest BCUT2D eigenvalue weighted by Crippen LogP contribution is -2.54. The molecule has 71 heavy (non-hydrogen) atoms. The molecule has 2 saturated heterocycles. The van der Waals surface area contributed by atoms with E-state index in [0.29, 0.717) is 44.5 Å². The number of carboxylic acids is 1. The van der Waals surface area contributed by atoms with Crippen molar-refractivity contribution in [3.63, 3.8) is 0 Å². The van der Waals surface area contributed by atoms with Crippen LogP contribution in [0.15, 0.2) is 48.7 Å². The number of aromatic nitrogens is 3. The van der Waals surface area contributed by atoms with Gasteiger partial charge in [-0.05, 0) is 68.3 Å². The number of likely N-dealkylation sites (N-methyl/N-ethyl adjacent to an activating group) is 1. The highest BCUT2D eigenvalue weighted by Gasteiger charge is 2.52. The lowest BCUT2D eigenvalue weighted by molar-refractivity contribution is -0.150. The Morgan fingerprint density at radius 2 is 1.61 bits per heavy atom. The first-order valence-corrected chi connectivity index (χ1v) is 25.6. The van der Waals surface area contributed by atoms with Crippen LogP contribution in [-0.4, -0.2) is 151 Å². The fourth-order valence-electron chi connectivity index (χ4n) is 11.7. The number of methoxy groups -OCH3 is 2. The predicted molar refractivity (Wildman–Crippen MR) is 261 cm³/mol. The van der Waals surface area contributed by atoms with Crippen molar-refractivity contribution in [3.05, 3.63) is 59.9 Å². The van der Waals surface area contributed by atoms with Gasteiger partial charge in [-0.3, -0.25) is 47.9 Å². The number of fused-ring (bicyclic) bond motifs is 2. The minimum Gasteiger partial charge on any atom is -0.481 e. The van der Waals surface area contributed by atoms with E-state index in [0.717, 1.165) is 29.7 Å². The number of ether oxygens (including phenoxy) is 2. The molecule has 0 spiro atoms. The molecule has 1 aliphatic carbocycles. The normalized spacial score (nSPS) is 22.7. The van der Waals surface area contributed by atoms with Crippen LogP contribution < -0.4 is 0 Å². The Morgan fingerprint density at radius 3 is 2.24 bits per heavy atom. The van der Waals surface area contributed by atoms with Crippen molar-refractivity contribution in [1.82, 2.24) is 34.6 Å². The standard InChI is InChI=1S/C53H75N7O11/c1-9-33(4)49(44(70-7)29-48(66)58-24-13-17-41(58)51(71-8)34(5)42(61)27-37(53(68)69)25-35-15-11-10-12-16-35)56(6)52(67)40(32(2)3)28-43(62)50-36-19-20-39(26-36)60(50)47(65)18-14-23-57-30-38(54-55-57)31-59-45(63)21-22-46(59)64/h10-12,15-16,21-22,30,32-34,36-37,39-41,44,49-51H,9,13-14,17-20,23-29,31H2,1-8H3,(H,68,69)/t33-,34-,36-,37+,39+,40-,41-,44+,49-,50-,51+/m0/s1. The lowest BCUT2D eigenvalue weighted by Gasteiger charge is -2.41. The Labute approximate surface area is 417 Å². The third kappa shape index (κ3) is 12.9. The summed E-state index contributed by atoms with van der Waals surface area (Å²) in [7, 11) is 4.77. The molecule has 18 nitrogen and oxygen atoms in total. The Bertz CT molecular complexity index is 2250. The predicted octanol–water partition coefficient (Wildman–Crippen LogP) is 4.92. The van der Waals surface area contributed by atoms with Gasteiger partial charge in [0, 0.05) is 83.6 Å². The molecule has 5 amide bonds. The molecule has 0 unspecified atom stereocenters. The van der Waals surface area contributed by atoms with Crippen LogP contribution in [-0.2, 0) is 67.3 Å². The van der Waals surface area contributed by atoms with Crippen LogP contribution in [0.1, 0.15) is 117 Å². The number of hydrogen-bond acceptors (Lipinski definition) is 12. The number of carbonyl (C=O) groups is 8. The number of carboxylic acid groups (broad SMARTS) is 1. The van der Waals surface area contributed by atoms with Gasteiger partial charge in [0.05, 0.1) is 55.4 Å². The van der Waals surface area contributed by atoms with Crippen LogP contribution in [0.25, 0.3) is 0 Å². The number of piperidine rings is 1. The molecule has 4 heterocycles. The molecule has 1 N–H and O–H groups in total. The van der Waals surface area contributed by atoms with Crippen LogP contribution in [0.4, 0.5) is 0 Å². The second-order valence-electron chi connectivity index (χ2n) is 20.7. The topological polar surface area (TPSA) is 219 Å². The van der Waals surface area contributed by atoms with Crippen LogP contribution in [0.2, 0.25) is 0 Å². The van der Waals surface area contributed by atoms with Crippen LogP contribution in [0.5, 0.6) is 0 Å². The number of hydrogen-bond donors (Lipinski definition) is 1. The number of likely N-dealkylation sites (tertiary alicyclic amines) is 2. The number of aryl methyl sites for hydroxylation is 1. The summed E-state index contributed by atoms with van der Waals surface area (Å²) in [5, 5.41) is 18.2. The van der Waals surface area contributed by atoms with E-state index in [-0.39, 0.29) is 91.7 Å². The SMILES string of the molecule is CC[C@H](C)[C@@H]([C@@H](CC(=O)N1CCC[C@H]1[C@H](OC)[C@@H](C)C(=O)C[C@@H](Cc1ccccc1)C(=O)O)OC)N(C)C(=O)[C@@H](CC(=O)[C@@H]1[C@H]2CC[C@H](C2)N1C(=O)CCCn1cc(CN2C(=O)C=CC2=O)nn1)C(C)C. The zero-order chi connectivity index (χ0) is 51.7. The number of Topliss-reactive ketones (excluding diaryl/α,β-unsaturated/α-hetero) is 2. The first-order chi connectivity index (χ1) is 33.9. The summed E-state index contributed by atoms with van der Waals surface area (Å²) in [5.74, 6) is -5.35. The highest BCUT2D eigenvalue weighted by molar-refractivity contribution is 6.12. The average molecular weight is 986 g/mol. The number of benzene rings is 1. The second-order valence-corrected chi connectivity index (χ2v) is 20.7. The minimum absolute atomic E-state index is 0.00197. The summed E-state index contributed by atoms with van der Waals surface area (Å²) >= 11 is 0. The van der Waals surface area contributed by atoms with Crippen molar-refractivity contribution in [2.75, 3.05) is 27.8 Å². The number of carbonyl (C=O) groups excluding carboxylic acids is 7. The first-order valence-electron chi connectivity index (χ1n) is 25.6. The van der Waals surface area contributed by atoms with Crippen molar-refractivity contribution < 1.29 is 52.9 Å². The van der Waals surface area contributed by atoms with Crippen molar-refractivity contribution in [1.29, 1.82) is 0 Å². The second kappa shape index (κ2) is 24.7. The van der Waals surface area contributed by atoms with Gasteiger partial charge in [0.25, 0.3) is 11.8 Å². The Hall–Kier alpha value is -5.62. The molecule has 1 aromatic carbocycles. The Kier molecular flexibility index (Phi) is 19.0. The van der Waals surface area contributed by atoms with Crippen molar-refractivity contribution in [2.24, 2.45) is 35.5 Å². The van der Waals surface area contributed by atoms with Gasteiger partial charge in [-0.2, -0.15) is 0 Å². The van der Waals surface area contributed by atoms with Gasteiger partial charge in [-0.25, -0.2) is 0 Å². The number of ketones is 2. The summed E-state index contributed by atoms with van der Waals surface area (Å²) in [6, 6.07) is 7.60. The van der Waals surface area contributed by atoms with Gasteiger partial charge in [-0.1, -0.05) is 76.6 Å². The quantitative estimate of drug-likeness (QED) is 0.118. The molecule has 388 valence electrons. The number of amides is 5. The molecule has 3 aliphatic heterocycles. The highest BCUT2D eigenvalue weighted by Crippen LogP contribution is 2.44. The number of rotatable bonds is 27. The lowest BCUT2D eigenvalue weighted by atomic mass is 9.83. The third-order valence-electron chi connectivity index (χ3n) is 15.8. The molecule has 3 fully saturated rings. The molecule has 1 aromatic heterocycles. The van der Waals surface area contributed by atoms with Gasteiger partial charge in [0.15, 0.2) is 5.78 Å². The van der Waals surface area contributed by atoms with Gasteiger partial charge in [0.2, 0.25) is 17.7 Å². The summed E-state index contributed by atoms with van der Waals surface area (Å²) in [6.45, 7) is 10.5. The van der Waals surface area contributed by atoms with Gasteiger partial charge < -0.3 is 29.3 Å². The van der Waals surface area contributed by atoms with E-state index in [1.54, 1.807) is 39.5 Å². The maximum absolute atomic E-state index is 14.8. The van der Waals surface area contributed by atoms with E-state index in [4.69, 9.17) is 9.47 Å². The molecule has 0 radical (unpaired) electrons. The monoisotopic (exact) mass is 986 g/mol. The van der Waals surface area contributed by atoms with Crippen LogP contribution >= 0.6 is 0 Å². The van der Waals surface area contributed by atoms with E-state index in [1.165, 1.54) is 26.4 Å². The summed E-state index contributed by atoms with van der Waals surface area (Å²) in [5.41, 5.74) is 1.28. The number of nitrogens with zero attached hydrogens (tertiary/aromatic N) is 7. The molecule has 11 atom stereocenters. The number of aliphatic carboxylic acids is 1. The smallest absolute Gasteiger partial charge is 0.307 e. The molecule has 6 rings (SSSR count). The van der Waals surface area contributed by atoms with E-state index < -0.39 is 65.9 Å². The van der Waals surface area contributed by atoms with Gasteiger partial charge >= 0.3 is 5.97 Å². The Morgan fingerprint density at radius 1 is 0.901 bits per heavy atom. The average Bonchev–Trinajstić information content (AvgIpc) is 4.22. The molecule has 1 saturated carbocycles. The molecular formula is C53H75N7O11. The van der Waals surface area contributed by atoms with Crippen LogP contribution in [0, 0.1) is 35.5 Å². The van der Waals surface area contributed by atoms with Gasteiger partial charge in [-0.15, -0.1) is 5.10 Å². The Balaban J connectivity index is 1.08. The van der Waals surface area contributed by atoms with E-state index in [9.17, 15) is 43.5 Å². The number of imide groups is 1. The van der Waals surface area contributed by atoms with Crippen molar-refractivity contribution >= 4 is 47.1 Å². The molecule has 2 bridgehead atoms. The van der Waals surface area contributed by atoms with Gasteiger partial charge in [0.1, 0.15) is 11.5 Å². The minimum atomic E-state index is -1.05. The van der Waals surface area contributed by atoms with Crippen LogP contribution in [0.3, 0.4) is 0 Å². The fraction of sp³-hybridized carbons (Fsp3) is 0.660. The molecule has 2 aromatic rings. The summed E-state index contributed by atoms with van der Waals surface area (Å²) < 4.78 is 13.6.